The molecule has 10 nitrogen and oxygen atoms in total. The van der Waals surface area contributed by atoms with Gasteiger partial charge in [-0.05, 0) is 67.8 Å². The van der Waals surface area contributed by atoms with Gasteiger partial charge in [0, 0.05) is 68.9 Å². The zero-order chi connectivity index (χ0) is 36.6. The lowest BCUT2D eigenvalue weighted by atomic mass is 9.73. The van der Waals surface area contributed by atoms with Crippen molar-refractivity contribution in [3.05, 3.63) is 59.7 Å². The summed E-state index contributed by atoms with van der Waals surface area (Å²) in [6.45, 7) is 5.28. The van der Waals surface area contributed by atoms with Gasteiger partial charge < -0.3 is 27.9 Å². The first kappa shape index (κ1) is 36.6. The van der Waals surface area contributed by atoms with Crippen molar-refractivity contribution in [3.63, 3.8) is 0 Å². The molecule has 52 heavy (non-hydrogen) atoms. The number of piperidine rings is 2. The van der Waals surface area contributed by atoms with Crippen LogP contribution in [0.3, 0.4) is 0 Å². The van der Waals surface area contributed by atoms with E-state index in [1.807, 2.05) is 36.4 Å². The molecular formula is C42H56N2O8+2. The van der Waals surface area contributed by atoms with Crippen molar-refractivity contribution in [2.45, 2.75) is 140 Å². The average molecular weight is 717 g/mol. The largest absolute Gasteiger partial charge is 0.462 e. The van der Waals surface area contributed by atoms with Crippen LogP contribution in [0.4, 0.5) is 0 Å². The van der Waals surface area contributed by atoms with Crippen molar-refractivity contribution >= 4 is 23.9 Å². The van der Waals surface area contributed by atoms with Gasteiger partial charge in [0.25, 0.3) is 0 Å². The minimum absolute atomic E-state index is 0.121. The summed E-state index contributed by atoms with van der Waals surface area (Å²) >= 11 is 0. The molecule has 280 valence electrons. The van der Waals surface area contributed by atoms with Gasteiger partial charge in [-0.1, -0.05) is 13.8 Å². The number of fused-ring (bicyclic) bond motifs is 4. The van der Waals surface area contributed by atoms with E-state index in [0.29, 0.717) is 55.3 Å². The Bertz CT molecular complexity index is 1630. The van der Waals surface area contributed by atoms with Gasteiger partial charge in [0.1, 0.15) is 36.7 Å². The molecule has 7 rings (SSSR count). The molecule has 8 atom stereocenters. The van der Waals surface area contributed by atoms with E-state index in [1.165, 1.54) is 11.1 Å². The van der Waals surface area contributed by atoms with Crippen molar-refractivity contribution in [1.82, 2.24) is 0 Å². The van der Waals surface area contributed by atoms with Crippen LogP contribution in [0.15, 0.2) is 48.5 Å². The fraction of sp³-hybridized carbons (Fsp3) is 0.619. The number of likely N-dealkylation sites (N-methyl/N-ethyl adjacent to an activating group) is 1. The van der Waals surface area contributed by atoms with Crippen molar-refractivity contribution in [1.29, 1.82) is 0 Å². The number of hydrogen-bond donors (Lipinski definition) is 0. The summed E-state index contributed by atoms with van der Waals surface area (Å²) in [4.78, 5) is 50.6. The minimum atomic E-state index is -0.426. The Kier molecular flexibility index (Phi) is 10.5. The molecule has 8 unspecified atom stereocenters. The van der Waals surface area contributed by atoms with E-state index in [2.05, 4.69) is 26.2 Å². The Balaban J connectivity index is 0.913. The fourth-order valence-electron chi connectivity index (χ4n) is 10.3. The molecule has 10 heteroatoms. The number of carbonyl (C=O) groups excluding carboxylic acids is 4. The topological polar surface area (TPSA) is 105 Å². The average Bonchev–Trinajstić information content (AvgIpc) is 3.34. The van der Waals surface area contributed by atoms with Gasteiger partial charge in [-0.3, -0.25) is 19.2 Å². The number of ether oxygens (including phenoxy) is 4. The van der Waals surface area contributed by atoms with Gasteiger partial charge in [0.15, 0.2) is 6.10 Å². The number of esters is 4. The number of hydrogen-bond acceptors (Lipinski definition) is 8. The first-order valence-corrected chi connectivity index (χ1v) is 19.7. The monoisotopic (exact) mass is 716 g/mol. The maximum absolute atomic E-state index is 13.7. The van der Waals surface area contributed by atoms with E-state index < -0.39 is 11.8 Å². The maximum Gasteiger partial charge on any atom is 0.310 e. The molecule has 4 saturated heterocycles. The highest BCUT2D eigenvalue weighted by Gasteiger charge is 2.56. The number of carbonyl (C=O) groups is 4. The van der Waals surface area contributed by atoms with Crippen LogP contribution < -0.4 is 9.47 Å². The van der Waals surface area contributed by atoms with Crippen LogP contribution in [0.1, 0.15) is 102 Å². The van der Waals surface area contributed by atoms with Crippen molar-refractivity contribution < 1.29 is 47.1 Å². The highest BCUT2D eigenvalue weighted by molar-refractivity contribution is 5.84. The molecular weight excluding hydrogens is 660 g/mol. The molecule has 2 aromatic carbocycles. The summed E-state index contributed by atoms with van der Waals surface area (Å²) in [5.74, 6) is -0.664. The molecule has 0 aromatic heterocycles. The van der Waals surface area contributed by atoms with Gasteiger partial charge in [-0.25, -0.2) is 0 Å². The normalized spacial score (nSPS) is 34.5. The summed E-state index contributed by atoms with van der Waals surface area (Å²) in [6, 6.07) is 17.2. The number of benzene rings is 2. The van der Waals surface area contributed by atoms with Crippen LogP contribution in [0.5, 0.6) is 11.5 Å². The Labute approximate surface area is 307 Å². The molecule has 4 bridgehead atoms. The second-order valence-corrected chi connectivity index (χ2v) is 16.5. The molecule has 0 radical (unpaired) electrons. The van der Waals surface area contributed by atoms with Crippen LogP contribution >= 0.6 is 0 Å². The van der Waals surface area contributed by atoms with Gasteiger partial charge in [0.05, 0.1) is 44.1 Å². The number of nitrogens with zero attached hydrogens (tertiary/aromatic N) is 2. The van der Waals surface area contributed by atoms with Gasteiger partial charge in [0.2, 0.25) is 0 Å². The van der Waals surface area contributed by atoms with E-state index >= 15 is 0 Å². The zero-order valence-corrected chi connectivity index (χ0v) is 31.3. The lowest BCUT2D eigenvalue weighted by molar-refractivity contribution is -0.963. The predicted molar refractivity (Wildman–Crippen MR) is 193 cm³/mol. The molecule has 1 saturated carbocycles. The van der Waals surface area contributed by atoms with Crippen LogP contribution in [-0.4, -0.2) is 83.3 Å². The van der Waals surface area contributed by atoms with Crippen LogP contribution in [0.2, 0.25) is 0 Å². The van der Waals surface area contributed by atoms with Gasteiger partial charge >= 0.3 is 23.9 Å². The summed E-state index contributed by atoms with van der Waals surface area (Å²) in [5.41, 5.74) is 2.38. The van der Waals surface area contributed by atoms with Crippen molar-refractivity contribution in [3.8, 4) is 11.5 Å². The molecule has 1 aliphatic carbocycles. The number of quaternary nitrogens is 2. The Morgan fingerprint density at radius 2 is 1.04 bits per heavy atom. The van der Waals surface area contributed by atoms with E-state index in [0.717, 1.165) is 73.4 Å². The highest BCUT2D eigenvalue weighted by Crippen LogP contribution is 2.47. The standard InChI is InChI=1S/C42H56N2O8/c1-5-39(45)49-32-15-7-27(8-16-32)25-43(3)30-11-12-31(43)24-34(23-30)51-41(47)35-19-20-36(35)42(48)52-38-22-14-29-13-21-37(38)44(29,4)26-28-9-17-33(18-10-28)50-40(46)6-2/h7-10,15-18,29-31,34-38H,5-6,11-14,19-26H2,1-4H3/q+2. The number of rotatable bonds is 12. The molecule has 5 aliphatic rings. The minimum Gasteiger partial charge on any atom is -0.462 e. The molecule has 0 spiro atoms. The summed E-state index contributed by atoms with van der Waals surface area (Å²) in [7, 11) is 4.62. The van der Waals surface area contributed by atoms with Crippen molar-refractivity contribution in [2.24, 2.45) is 11.8 Å². The van der Waals surface area contributed by atoms with Gasteiger partial charge in [-0.2, -0.15) is 0 Å². The smallest absolute Gasteiger partial charge is 0.310 e. The molecule has 2 aromatic rings. The highest BCUT2D eigenvalue weighted by atomic mass is 16.6. The van der Waals surface area contributed by atoms with E-state index in [-0.39, 0.29) is 42.1 Å². The van der Waals surface area contributed by atoms with Gasteiger partial charge in [-0.15, -0.1) is 0 Å². The SMILES string of the molecule is CCC(=O)Oc1ccc(C[N+]2(C)C3CCC2CC(OC(=O)C2CCC2C(=O)OC2CCC4CCC2[N+]4(C)Cc2ccc(OC(=O)CC)cc2)C3)cc1. The molecule has 0 amide bonds. The lowest BCUT2D eigenvalue weighted by Crippen LogP contribution is -2.61. The van der Waals surface area contributed by atoms with E-state index in [9.17, 15) is 19.2 Å². The Morgan fingerprint density at radius 1 is 0.577 bits per heavy atom. The molecule has 4 aliphatic heterocycles. The van der Waals surface area contributed by atoms with E-state index in [1.54, 1.807) is 13.8 Å². The van der Waals surface area contributed by atoms with Crippen LogP contribution in [-0.2, 0) is 41.7 Å². The summed E-state index contributed by atoms with van der Waals surface area (Å²) in [6.07, 6.45) is 9.63. The van der Waals surface area contributed by atoms with Crippen LogP contribution in [0, 0.1) is 11.8 Å². The fourth-order valence-corrected chi connectivity index (χ4v) is 10.3. The maximum atomic E-state index is 13.7. The third-order valence-electron chi connectivity index (χ3n) is 13.5. The third-order valence-corrected chi connectivity index (χ3v) is 13.5. The molecule has 0 N–H and O–H groups in total. The molecule has 4 heterocycles. The van der Waals surface area contributed by atoms with Crippen LogP contribution in [0.25, 0.3) is 0 Å². The van der Waals surface area contributed by atoms with E-state index in [4.69, 9.17) is 18.9 Å². The second kappa shape index (κ2) is 14.9. The molecule has 5 fully saturated rings. The second-order valence-electron chi connectivity index (χ2n) is 16.5. The first-order valence-electron chi connectivity index (χ1n) is 19.7. The Morgan fingerprint density at radius 3 is 1.54 bits per heavy atom. The van der Waals surface area contributed by atoms with Crippen molar-refractivity contribution in [2.75, 3.05) is 14.1 Å². The lowest BCUT2D eigenvalue weighted by Gasteiger charge is -2.48. The zero-order valence-electron chi connectivity index (χ0n) is 31.3. The Hall–Kier alpha value is -3.76. The predicted octanol–water partition coefficient (Wildman–Crippen LogP) is 6.41. The summed E-state index contributed by atoms with van der Waals surface area (Å²) in [5, 5.41) is 0. The summed E-state index contributed by atoms with van der Waals surface area (Å²) < 4.78 is 25.0. The first-order chi connectivity index (χ1) is 25.0. The third kappa shape index (κ3) is 7.25. The quantitative estimate of drug-likeness (QED) is 0.141.